The number of rotatable bonds is 3. The van der Waals surface area contributed by atoms with Crippen molar-refractivity contribution in [3.05, 3.63) is 29.3 Å². The minimum absolute atomic E-state index is 0.663. The van der Waals surface area contributed by atoms with Crippen LogP contribution in [0.5, 0.6) is 0 Å². The molecule has 1 aromatic carbocycles. The van der Waals surface area contributed by atoms with E-state index in [-0.39, 0.29) is 0 Å². The Morgan fingerprint density at radius 1 is 1.26 bits per heavy atom. The van der Waals surface area contributed by atoms with E-state index in [2.05, 4.69) is 43.4 Å². The summed E-state index contributed by atoms with van der Waals surface area (Å²) in [7, 11) is 0. The molecule has 3 unspecified atom stereocenters. The van der Waals surface area contributed by atoms with Gasteiger partial charge in [0.1, 0.15) is 5.01 Å². The minimum atomic E-state index is 0.663. The molecule has 3 heteroatoms. The van der Waals surface area contributed by atoms with Gasteiger partial charge in [0.05, 0.1) is 10.2 Å². The molecule has 2 aromatic rings. The number of aromatic nitrogens is 1. The number of nitrogens with zero attached hydrogens (tertiary/aromatic N) is 1. The average Bonchev–Trinajstić information content (AvgIpc) is 2.82. The third kappa shape index (κ3) is 2.98. The van der Waals surface area contributed by atoms with Crippen molar-refractivity contribution in [1.82, 2.24) is 10.3 Å². The molecule has 0 aliphatic heterocycles. The van der Waals surface area contributed by atoms with Crippen LogP contribution in [0.1, 0.15) is 38.1 Å². The third-order valence-electron chi connectivity index (χ3n) is 4.31. The first kappa shape index (κ1) is 13.1. The predicted molar refractivity (Wildman–Crippen MR) is 82.4 cm³/mol. The van der Waals surface area contributed by atoms with E-state index in [4.69, 9.17) is 4.98 Å². The largest absolute Gasteiger partial charge is 0.307 e. The zero-order valence-electron chi connectivity index (χ0n) is 11.7. The first-order chi connectivity index (χ1) is 9.22. The molecular formula is C16H22N2S. The van der Waals surface area contributed by atoms with Gasteiger partial charge in [0, 0.05) is 12.6 Å². The summed E-state index contributed by atoms with van der Waals surface area (Å²) < 4.78 is 1.30. The molecule has 1 aliphatic rings. The summed E-state index contributed by atoms with van der Waals surface area (Å²) in [6.45, 7) is 5.67. The maximum absolute atomic E-state index is 4.70. The van der Waals surface area contributed by atoms with Gasteiger partial charge >= 0.3 is 0 Å². The molecule has 1 fully saturated rings. The Bertz CT molecular complexity index is 515. The van der Waals surface area contributed by atoms with E-state index in [0.29, 0.717) is 6.04 Å². The number of thiazole rings is 1. The molecule has 3 rings (SSSR count). The van der Waals surface area contributed by atoms with Crippen molar-refractivity contribution in [1.29, 1.82) is 0 Å². The molecule has 1 aliphatic carbocycles. The molecule has 3 atom stereocenters. The van der Waals surface area contributed by atoms with Crippen LogP contribution in [0, 0.1) is 11.8 Å². The van der Waals surface area contributed by atoms with Gasteiger partial charge in [-0.3, -0.25) is 0 Å². The summed E-state index contributed by atoms with van der Waals surface area (Å²) >= 11 is 1.81. The van der Waals surface area contributed by atoms with Crippen molar-refractivity contribution < 1.29 is 0 Å². The fourth-order valence-corrected chi connectivity index (χ4v) is 3.95. The second-order valence-corrected chi connectivity index (χ2v) is 7.07. The number of para-hydroxylation sites is 1. The lowest BCUT2D eigenvalue weighted by atomic mass is 9.80. The van der Waals surface area contributed by atoms with Gasteiger partial charge < -0.3 is 5.32 Å². The molecule has 0 saturated heterocycles. The van der Waals surface area contributed by atoms with E-state index in [1.165, 1.54) is 29.0 Å². The summed E-state index contributed by atoms with van der Waals surface area (Å²) in [5.74, 6) is 1.66. The third-order valence-corrected chi connectivity index (χ3v) is 5.35. The van der Waals surface area contributed by atoms with Crippen LogP contribution in [0.2, 0.25) is 0 Å². The van der Waals surface area contributed by atoms with E-state index in [1.807, 2.05) is 11.3 Å². The van der Waals surface area contributed by atoms with Crippen molar-refractivity contribution in [3.63, 3.8) is 0 Å². The normalized spacial score (nSPS) is 27.8. The highest BCUT2D eigenvalue weighted by atomic mass is 32.1. The molecule has 0 spiro atoms. The number of hydrogen-bond donors (Lipinski definition) is 1. The molecule has 0 radical (unpaired) electrons. The molecule has 1 N–H and O–H groups in total. The fraction of sp³-hybridized carbons (Fsp3) is 0.562. The van der Waals surface area contributed by atoms with E-state index in [1.54, 1.807) is 0 Å². The number of hydrogen-bond acceptors (Lipinski definition) is 3. The van der Waals surface area contributed by atoms with Crippen LogP contribution in [-0.2, 0) is 6.54 Å². The van der Waals surface area contributed by atoms with Crippen molar-refractivity contribution in [2.45, 2.75) is 45.7 Å². The van der Waals surface area contributed by atoms with Crippen LogP contribution in [0.4, 0.5) is 0 Å². The van der Waals surface area contributed by atoms with Crippen LogP contribution < -0.4 is 5.32 Å². The molecule has 0 bridgehead atoms. The van der Waals surface area contributed by atoms with Gasteiger partial charge in [-0.2, -0.15) is 0 Å². The van der Waals surface area contributed by atoms with Crippen LogP contribution in [0.15, 0.2) is 24.3 Å². The van der Waals surface area contributed by atoms with Crippen LogP contribution in [0.25, 0.3) is 10.2 Å². The lowest BCUT2D eigenvalue weighted by molar-refractivity contribution is 0.227. The Morgan fingerprint density at radius 3 is 2.95 bits per heavy atom. The van der Waals surface area contributed by atoms with E-state index >= 15 is 0 Å². The lowest BCUT2D eigenvalue weighted by Gasteiger charge is -2.33. The fourth-order valence-electron chi connectivity index (χ4n) is 3.03. The summed E-state index contributed by atoms with van der Waals surface area (Å²) in [6.07, 6.45) is 4.06. The van der Waals surface area contributed by atoms with Gasteiger partial charge in [0.15, 0.2) is 0 Å². The number of nitrogens with one attached hydrogen (secondary N) is 1. The molecular weight excluding hydrogens is 252 g/mol. The molecule has 2 nitrogen and oxygen atoms in total. The Kier molecular flexibility index (Phi) is 3.85. The standard InChI is InChI=1S/C16H22N2S/c1-11-7-8-12(2)14(9-11)17-10-16-18-13-5-3-4-6-15(13)19-16/h3-6,11-12,14,17H,7-10H2,1-2H3. The Balaban J connectivity index is 1.65. The average molecular weight is 274 g/mol. The smallest absolute Gasteiger partial charge is 0.108 e. The van der Waals surface area contributed by atoms with Crippen LogP contribution >= 0.6 is 11.3 Å². The monoisotopic (exact) mass is 274 g/mol. The molecule has 19 heavy (non-hydrogen) atoms. The van der Waals surface area contributed by atoms with Crippen molar-refractivity contribution in [2.24, 2.45) is 11.8 Å². The summed E-state index contributed by atoms with van der Waals surface area (Å²) in [5.41, 5.74) is 1.13. The second-order valence-electron chi connectivity index (χ2n) is 5.96. The molecule has 102 valence electrons. The van der Waals surface area contributed by atoms with Gasteiger partial charge in [-0.15, -0.1) is 11.3 Å². The van der Waals surface area contributed by atoms with E-state index in [9.17, 15) is 0 Å². The predicted octanol–water partition coefficient (Wildman–Crippen LogP) is 4.21. The quantitative estimate of drug-likeness (QED) is 0.907. The molecule has 1 heterocycles. The topological polar surface area (TPSA) is 24.9 Å². The summed E-state index contributed by atoms with van der Waals surface area (Å²) in [4.78, 5) is 4.70. The lowest BCUT2D eigenvalue weighted by Crippen LogP contribution is -2.39. The summed E-state index contributed by atoms with van der Waals surface area (Å²) in [5, 5.41) is 4.94. The minimum Gasteiger partial charge on any atom is -0.307 e. The van der Waals surface area contributed by atoms with Gasteiger partial charge in [0.25, 0.3) is 0 Å². The molecule has 1 saturated carbocycles. The van der Waals surface area contributed by atoms with Gasteiger partial charge in [-0.1, -0.05) is 32.4 Å². The zero-order chi connectivity index (χ0) is 13.2. The molecule has 1 aromatic heterocycles. The highest BCUT2D eigenvalue weighted by Gasteiger charge is 2.25. The number of benzene rings is 1. The second kappa shape index (κ2) is 5.59. The van der Waals surface area contributed by atoms with E-state index < -0.39 is 0 Å². The van der Waals surface area contributed by atoms with Gasteiger partial charge in [0.2, 0.25) is 0 Å². The zero-order valence-corrected chi connectivity index (χ0v) is 12.5. The SMILES string of the molecule is CC1CCC(C)C(NCc2nc3ccccc3s2)C1. The molecule has 0 amide bonds. The van der Waals surface area contributed by atoms with Gasteiger partial charge in [-0.25, -0.2) is 4.98 Å². The highest BCUT2D eigenvalue weighted by molar-refractivity contribution is 7.18. The Hall–Kier alpha value is -0.930. The Morgan fingerprint density at radius 2 is 2.11 bits per heavy atom. The maximum atomic E-state index is 4.70. The van der Waals surface area contributed by atoms with Crippen molar-refractivity contribution >= 4 is 21.6 Å². The van der Waals surface area contributed by atoms with Crippen LogP contribution in [-0.4, -0.2) is 11.0 Å². The first-order valence-electron chi connectivity index (χ1n) is 7.30. The van der Waals surface area contributed by atoms with Crippen LogP contribution in [0.3, 0.4) is 0 Å². The maximum Gasteiger partial charge on any atom is 0.108 e. The van der Waals surface area contributed by atoms with Gasteiger partial charge in [-0.05, 0) is 36.8 Å². The first-order valence-corrected chi connectivity index (χ1v) is 8.12. The van der Waals surface area contributed by atoms with E-state index in [0.717, 1.165) is 23.9 Å². The Labute approximate surface area is 119 Å². The highest BCUT2D eigenvalue weighted by Crippen LogP contribution is 2.29. The van der Waals surface area contributed by atoms with Crippen molar-refractivity contribution in [3.8, 4) is 0 Å². The summed E-state index contributed by atoms with van der Waals surface area (Å²) in [6, 6.07) is 9.06. The van der Waals surface area contributed by atoms with Crippen molar-refractivity contribution in [2.75, 3.05) is 0 Å². The number of fused-ring (bicyclic) bond motifs is 1.